The number of hydrogen-bond acceptors (Lipinski definition) is 8. The molecule has 4 saturated carbocycles. The van der Waals surface area contributed by atoms with E-state index in [1.807, 2.05) is 4.72 Å². The summed E-state index contributed by atoms with van der Waals surface area (Å²) >= 11 is 0. The van der Waals surface area contributed by atoms with E-state index in [0.29, 0.717) is 24.1 Å². The number of nitrogens with zero attached hydrogens (tertiary/aromatic N) is 3. The molecule has 11 nitrogen and oxygen atoms in total. The fourth-order valence-corrected chi connectivity index (χ4v) is 9.42. The number of carbonyl (C=O) groups excluding carboxylic acids is 2. The highest BCUT2D eigenvalue weighted by Crippen LogP contribution is 2.60. The van der Waals surface area contributed by atoms with Gasteiger partial charge in [0.15, 0.2) is 0 Å². The second-order valence-electron chi connectivity index (χ2n) is 14.0. The van der Waals surface area contributed by atoms with Crippen LogP contribution in [-0.4, -0.2) is 41.5 Å². The van der Waals surface area contributed by atoms with Crippen LogP contribution in [0.3, 0.4) is 0 Å². The van der Waals surface area contributed by atoms with Crippen molar-refractivity contribution in [3.8, 4) is 11.1 Å². The number of anilines is 1. The quantitative estimate of drug-likeness (QED) is 0.104. The van der Waals surface area contributed by atoms with Crippen LogP contribution in [0.15, 0.2) is 59.8 Å². The Morgan fingerprint density at radius 2 is 1.62 bits per heavy atom. The van der Waals surface area contributed by atoms with Crippen molar-refractivity contribution in [2.75, 3.05) is 11.9 Å². The number of rotatable bonds is 14. The first kappa shape index (κ1) is 32.9. The van der Waals surface area contributed by atoms with Gasteiger partial charge in [-0.05, 0) is 97.9 Å². The third kappa shape index (κ3) is 7.42. The Kier molecular flexibility index (Phi) is 9.50. The maximum atomic E-state index is 13.2. The van der Waals surface area contributed by atoms with Crippen molar-refractivity contribution >= 4 is 33.2 Å². The lowest BCUT2D eigenvalue weighted by Crippen LogP contribution is -2.49. The summed E-state index contributed by atoms with van der Waals surface area (Å²) in [7, 11) is -4.40. The molecule has 1 aromatic heterocycles. The van der Waals surface area contributed by atoms with E-state index in [2.05, 4.69) is 17.3 Å². The van der Waals surface area contributed by atoms with E-state index < -0.39 is 20.9 Å². The summed E-state index contributed by atoms with van der Waals surface area (Å²) in [6, 6.07) is 9.97. The van der Waals surface area contributed by atoms with Gasteiger partial charge in [0.25, 0.3) is 21.6 Å². The van der Waals surface area contributed by atoms with Crippen LogP contribution in [0.1, 0.15) is 99.1 Å². The number of nitro benzene ring substituents is 1. The summed E-state index contributed by atoms with van der Waals surface area (Å²) in [5.74, 6) is 1.29. The smallest absolute Gasteiger partial charge is 0.293 e. The van der Waals surface area contributed by atoms with Gasteiger partial charge < -0.3 is 5.32 Å². The van der Waals surface area contributed by atoms with E-state index in [1.165, 1.54) is 48.2 Å². The molecular weight excluding hydrogens is 618 g/mol. The van der Waals surface area contributed by atoms with Gasteiger partial charge in [-0.25, -0.2) is 17.8 Å². The average Bonchev–Trinajstić information content (AvgIpc) is 3.53. The molecule has 7 rings (SSSR count). The third-order valence-electron chi connectivity index (χ3n) is 10.3. The first-order valence-electron chi connectivity index (χ1n) is 16.8. The molecule has 1 heterocycles. The minimum Gasteiger partial charge on any atom is -0.379 e. The zero-order valence-electron chi connectivity index (χ0n) is 26.8. The van der Waals surface area contributed by atoms with Gasteiger partial charge in [0.05, 0.1) is 16.0 Å². The summed E-state index contributed by atoms with van der Waals surface area (Å²) in [6.07, 6.45) is 16.2. The molecule has 0 atom stereocenters. The molecule has 4 bridgehead atoms. The van der Waals surface area contributed by atoms with Gasteiger partial charge in [0.2, 0.25) is 5.91 Å². The number of carbonyl (C=O) groups is 2. The summed E-state index contributed by atoms with van der Waals surface area (Å²) < 4.78 is 29.7. The van der Waals surface area contributed by atoms with Crippen LogP contribution in [0.5, 0.6) is 0 Å². The summed E-state index contributed by atoms with van der Waals surface area (Å²) in [5.41, 5.74) is 1.57. The molecule has 0 radical (unpaired) electrons. The van der Waals surface area contributed by atoms with E-state index in [9.17, 15) is 28.1 Å². The zero-order chi connectivity index (χ0) is 33.2. The summed E-state index contributed by atoms with van der Waals surface area (Å²) in [6.45, 7) is 2.78. The SMILES string of the molecule is CCCCCCCC(=O)n1cc(-c2ccc(C(=O)NS(=O)(=O)c3ccc(NCC45CC6CC(CC(C6)C4)C5)c([N+](=O)[O-])c3)cc2)cn1. The number of nitro groups is 1. The van der Waals surface area contributed by atoms with E-state index >= 15 is 0 Å². The van der Waals surface area contributed by atoms with Gasteiger partial charge in [-0.1, -0.05) is 44.7 Å². The Bertz CT molecular complexity index is 1710. The normalized spacial score (nSPS) is 23.0. The number of benzene rings is 2. The van der Waals surface area contributed by atoms with Gasteiger partial charge in [-0.3, -0.25) is 19.7 Å². The molecule has 4 aliphatic rings. The minimum atomic E-state index is -4.40. The first-order valence-corrected chi connectivity index (χ1v) is 18.3. The fraction of sp³-hybridized carbons (Fsp3) is 0.514. The second-order valence-corrected chi connectivity index (χ2v) is 15.6. The standard InChI is InChI=1S/C35H43N5O6S/c1-2-3-4-5-6-7-33(41)39-22-29(21-37-39)27-8-10-28(11-9-27)34(42)38-47(45,46)30-12-13-31(32(17-30)40(43)44)36-23-35-18-24-14-25(19-35)16-26(15-24)20-35/h8-13,17,21-22,24-26,36H,2-7,14-16,18-20,23H2,1H3,(H,38,42). The van der Waals surface area contributed by atoms with Gasteiger partial charge in [0.1, 0.15) is 5.69 Å². The molecule has 4 fully saturated rings. The fourth-order valence-electron chi connectivity index (χ4n) is 8.42. The van der Waals surface area contributed by atoms with Crippen molar-refractivity contribution in [3.05, 3.63) is 70.5 Å². The average molecular weight is 662 g/mol. The van der Waals surface area contributed by atoms with Crippen LogP contribution >= 0.6 is 0 Å². The first-order chi connectivity index (χ1) is 22.5. The van der Waals surface area contributed by atoms with Crippen LogP contribution in [0, 0.1) is 33.3 Å². The molecule has 250 valence electrons. The maximum absolute atomic E-state index is 13.2. The monoisotopic (exact) mass is 661 g/mol. The van der Waals surface area contributed by atoms with E-state index in [1.54, 1.807) is 24.5 Å². The Labute approximate surface area is 275 Å². The number of unbranched alkanes of at least 4 members (excludes halogenated alkanes) is 4. The molecule has 1 amide bonds. The van der Waals surface area contributed by atoms with Crippen molar-refractivity contribution in [2.45, 2.75) is 88.9 Å². The molecule has 0 saturated heterocycles. The second kappa shape index (κ2) is 13.6. The number of nitrogens with one attached hydrogen (secondary N) is 2. The number of sulfonamides is 1. The molecule has 0 aliphatic heterocycles. The Morgan fingerprint density at radius 3 is 2.26 bits per heavy atom. The predicted molar refractivity (Wildman–Crippen MR) is 179 cm³/mol. The van der Waals surface area contributed by atoms with Gasteiger partial charge >= 0.3 is 0 Å². The highest BCUT2D eigenvalue weighted by Gasteiger charge is 2.50. The molecule has 0 unspecified atom stereocenters. The molecule has 0 spiro atoms. The van der Waals surface area contributed by atoms with E-state index in [0.717, 1.165) is 75.2 Å². The minimum absolute atomic E-state index is 0.0828. The topological polar surface area (TPSA) is 153 Å². The number of hydrogen-bond donors (Lipinski definition) is 2. The van der Waals surface area contributed by atoms with E-state index in [-0.39, 0.29) is 33.2 Å². The van der Waals surface area contributed by atoms with Crippen molar-refractivity contribution < 1.29 is 22.9 Å². The molecule has 12 heteroatoms. The number of amides is 1. The van der Waals surface area contributed by atoms with Gasteiger partial charge in [-0.2, -0.15) is 5.10 Å². The third-order valence-corrected chi connectivity index (χ3v) is 11.7. The van der Waals surface area contributed by atoms with Crippen molar-refractivity contribution in [2.24, 2.45) is 23.2 Å². The molecule has 47 heavy (non-hydrogen) atoms. The lowest BCUT2D eigenvalue weighted by molar-refractivity contribution is -0.384. The van der Waals surface area contributed by atoms with E-state index in [4.69, 9.17) is 0 Å². The van der Waals surface area contributed by atoms with Crippen molar-refractivity contribution in [3.63, 3.8) is 0 Å². The summed E-state index contributed by atoms with van der Waals surface area (Å²) in [5, 5.41) is 19.5. The van der Waals surface area contributed by atoms with Crippen LogP contribution < -0.4 is 10.0 Å². The largest absolute Gasteiger partial charge is 0.379 e. The predicted octanol–water partition coefficient (Wildman–Crippen LogP) is 7.21. The Hall–Kier alpha value is -4.06. The molecule has 4 aliphatic carbocycles. The Morgan fingerprint density at radius 1 is 0.957 bits per heavy atom. The molecule has 2 aromatic carbocycles. The maximum Gasteiger partial charge on any atom is 0.293 e. The molecule has 3 aromatic rings. The van der Waals surface area contributed by atoms with Crippen molar-refractivity contribution in [1.29, 1.82) is 0 Å². The Balaban J connectivity index is 1.08. The van der Waals surface area contributed by atoms with Crippen LogP contribution in [-0.2, 0) is 10.0 Å². The summed E-state index contributed by atoms with van der Waals surface area (Å²) in [4.78, 5) is 36.5. The van der Waals surface area contributed by atoms with Crippen LogP contribution in [0.2, 0.25) is 0 Å². The highest BCUT2D eigenvalue weighted by atomic mass is 32.2. The lowest BCUT2D eigenvalue weighted by atomic mass is 9.49. The van der Waals surface area contributed by atoms with Crippen LogP contribution in [0.25, 0.3) is 11.1 Å². The lowest BCUT2D eigenvalue weighted by Gasteiger charge is -2.57. The zero-order valence-corrected chi connectivity index (χ0v) is 27.6. The number of aromatic nitrogens is 2. The van der Waals surface area contributed by atoms with Gasteiger partial charge in [-0.15, -0.1) is 0 Å². The van der Waals surface area contributed by atoms with Crippen LogP contribution in [0.4, 0.5) is 11.4 Å². The molecular formula is C35H43N5O6S. The molecule has 2 N–H and O–H groups in total. The van der Waals surface area contributed by atoms with Crippen molar-refractivity contribution in [1.82, 2.24) is 14.5 Å². The highest BCUT2D eigenvalue weighted by molar-refractivity contribution is 7.90. The van der Waals surface area contributed by atoms with Gasteiger partial charge in [0, 0.05) is 36.4 Å².